The van der Waals surface area contributed by atoms with E-state index < -0.39 is 22.7 Å². The van der Waals surface area contributed by atoms with E-state index in [2.05, 4.69) is 0 Å². The monoisotopic (exact) mass is 408 g/mol. The summed E-state index contributed by atoms with van der Waals surface area (Å²) in [6, 6.07) is 13.3. The molecule has 0 aromatic heterocycles. The molecule has 0 spiro atoms. The molecule has 2 aromatic carbocycles. The van der Waals surface area contributed by atoms with E-state index in [-0.39, 0.29) is 29.7 Å². The van der Waals surface area contributed by atoms with E-state index in [0.29, 0.717) is 17.7 Å². The van der Waals surface area contributed by atoms with E-state index in [1.807, 2.05) is 0 Å². The maximum absolute atomic E-state index is 12.9. The number of amides is 1. The number of hydrogen-bond donors (Lipinski definition) is 1. The zero-order valence-electron chi connectivity index (χ0n) is 16.1. The predicted octanol–water partition coefficient (Wildman–Crippen LogP) is 3.20. The second-order valence-electron chi connectivity index (χ2n) is 7.30. The molecule has 0 saturated carbocycles. The Morgan fingerprint density at radius 2 is 1.83 bits per heavy atom. The molecule has 2 atom stereocenters. The summed E-state index contributed by atoms with van der Waals surface area (Å²) < 4.78 is 5.64. The summed E-state index contributed by atoms with van der Waals surface area (Å²) >= 11 is 0. The van der Waals surface area contributed by atoms with Crippen molar-refractivity contribution < 1.29 is 24.4 Å². The normalized spacial score (nSPS) is 23.1. The third kappa shape index (κ3) is 3.57. The van der Waals surface area contributed by atoms with Crippen LogP contribution in [-0.4, -0.2) is 45.9 Å². The van der Waals surface area contributed by atoms with Crippen molar-refractivity contribution in [2.24, 2.45) is 0 Å². The van der Waals surface area contributed by atoms with Crippen LogP contribution in [-0.2, 0) is 14.3 Å². The van der Waals surface area contributed by atoms with Gasteiger partial charge in [-0.25, -0.2) is 0 Å². The van der Waals surface area contributed by atoms with Gasteiger partial charge in [0.05, 0.1) is 22.6 Å². The maximum atomic E-state index is 12.9. The van der Waals surface area contributed by atoms with Crippen LogP contribution in [0.25, 0.3) is 5.76 Å². The van der Waals surface area contributed by atoms with Gasteiger partial charge in [-0.05, 0) is 30.5 Å². The molecule has 0 bridgehead atoms. The van der Waals surface area contributed by atoms with Crippen LogP contribution in [0.4, 0.5) is 5.69 Å². The predicted molar refractivity (Wildman–Crippen MR) is 108 cm³/mol. The molecule has 2 unspecified atom stereocenters. The third-order valence-electron chi connectivity index (χ3n) is 5.43. The van der Waals surface area contributed by atoms with Gasteiger partial charge in [0.25, 0.3) is 17.4 Å². The van der Waals surface area contributed by atoms with E-state index in [1.54, 1.807) is 30.3 Å². The molecule has 8 heteroatoms. The number of nitro groups is 1. The fourth-order valence-corrected chi connectivity index (χ4v) is 3.95. The fraction of sp³-hybridized carbons (Fsp3) is 0.273. The highest BCUT2D eigenvalue weighted by Crippen LogP contribution is 2.40. The molecule has 2 aromatic rings. The summed E-state index contributed by atoms with van der Waals surface area (Å²) in [6.07, 6.45) is 1.45. The molecule has 30 heavy (non-hydrogen) atoms. The minimum Gasteiger partial charge on any atom is -0.507 e. The highest BCUT2D eigenvalue weighted by Gasteiger charge is 2.47. The molecule has 8 nitrogen and oxygen atoms in total. The highest BCUT2D eigenvalue weighted by atomic mass is 16.6. The number of hydrogen-bond acceptors (Lipinski definition) is 6. The Hall–Kier alpha value is -3.52. The molecular weight excluding hydrogens is 388 g/mol. The Balaban J connectivity index is 1.81. The van der Waals surface area contributed by atoms with Crippen molar-refractivity contribution in [1.82, 2.24) is 4.90 Å². The number of ketones is 1. The minimum absolute atomic E-state index is 0.0296. The maximum Gasteiger partial charge on any atom is 0.295 e. The Morgan fingerprint density at radius 3 is 2.43 bits per heavy atom. The first-order valence-electron chi connectivity index (χ1n) is 9.67. The number of rotatable bonds is 5. The second-order valence-corrected chi connectivity index (χ2v) is 7.30. The molecule has 0 aliphatic carbocycles. The van der Waals surface area contributed by atoms with E-state index in [4.69, 9.17) is 4.74 Å². The first-order chi connectivity index (χ1) is 14.5. The molecule has 2 aliphatic rings. The third-order valence-corrected chi connectivity index (χ3v) is 5.43. The van der Waals surface area contributed by atoms with Gasteiger partial charge in [0, 0.05) is 30.8 Å². The molecule has 0 radical (unpaired) electrons. The van der Waals surface area contributed by atoms with Crippen molar-refractivity contribution in [2.45, 2.75) is 25.0 Å². The SMILES string of the molecule is O=C1C(=O)N(CC2CCCO2)C(c2ccc([N+](=O)[O-])cc2)C1=C(O)c1ccccc1. The molecule has 154 valence electrons. The van der Waals surface area contributed by atoms with E-state index in [0.717, 1.165) is 12.8 Å². The molecule has 1 amide bonds. The zero-order chi connectivity index (χ0) is 21.3. The summed E-state index contributed by atoms with van der Waals surface area (Å²) in [4.78, 5) is 37.7. The van der Waals surface area contributed by atoms with E-state index >= 15 is 0 Å². The number of Topliss-reactive ketones (excluding diaryl/α,β-unsaturated/α-hetero) is 1. The Morgan fingerprint density at radius 1 is 1.13 bits per heavy atom. The summed E-state index contributed by atoms with van der Waals surface area (Å²) in [6.45, 7) is 0.804. The van der Waals surface area contributed by atoms with Crippen LogP contribution in [0.1, 0.15) is 30.0 Å². The Bertz CT molecular complexity index is 1010. The summed E-state index contributed by atoms with van der Waals surface area (Å²) in [5, 5.41) is 21.9. The van der Waals surface area contributed by atoms with Crippen LogP contribution in [0.3, 0.4) is 0 Å². The lowest BCUT2D eigenvalue weighted by Crippen LogP contribution is -2.36. The number of carbonyl (C=O) groups excluding carboxylic acids is 2. The van der Waals surface area contributed by atoms with Crippen LogP contribution in [0.5, 0.6) is 0 Å². The number of aliphatic hydroxyl groups is 1. The van der Waals surface area contributed by atoms with Crippen LogP contribution in [0, 0.1) is 10.1 Å². The van der Waals surface area contributed by atoms with Gasteiger partial charge in [-0.15, -0.1) is 0 Å². The van der Waals surface area contributed by atoms with Crippen molar-refractivity contribution in [1.29, 1.82) is 0 Å². The number of carbonyl (C=O) groups is 2. The van der Waals surface area contributed by atoms with Gasteiger partial charge in [0.1, 0.15) is 5.76 Å². The van der Waals surface area contributed by atoms with Crippen molar-refractivity contribution in [3.05, 3.63) is 81.4 Å². The molecule has 2 fully saturated rings. The average molecular weight is 408 g/mol. The second kappa shape index (κ2) is 8.08. The largest absolute Gasteiger partial charge is 0.507 e. The van der Waals surface area contributed by atoms with Crippen molar-refractivity contribution in [3.63, 3.8) is 0 Å². The van der Waals surface area contributed by atoms with Crippen molar-refractivity contribution in [3.8, 4) is 0 Å². The quantitative estimate of drug-likeness (QED) is 0.267. The van der Waals surface area contributed by atoms with Crippen LogP contribution in [0.15, 0.2) is 60.2 Å². The summed E-state index contributed by atoms with van der Waals surface area (Å²) in [5.74, 6) is -1.77. The number of aliphatic hydroxyl groups excluding tert-OH is 1. The van der Waals surface area contributed by atoms with Crippen LogP contribution >= 0.6 is 0 Å². The average Bonchev–Trinajstić information content (AvgIpc) is 3.36. The lowest BCUT2D eigenvalue weighted by molar-refractivity contribution is -0.384. The summed E-state index contributed by atoms with van der Waals surface area (Å²) in [7, 11) is 0. The fourth-order valence-electron chi connectivity index (χ4n) is 3.95. The number of non-ortho nitro benzene ring substituents is 1. The lowest BCUT2D eigenvalue weighted by atomic mass is 9.95. The van der Waals surface area contributed by atoms with Crippen molar-refractivity contribution in [2.75, 3.05) is 13.2 Å². The molecular formula is C22H20N2O6. The summed E-state index contributed by atoms with van der Waals surface area (Å²) in [5.41, 5.74) is 0.797. The number of nitrogens with zero attached hydrogens (tertiary/aromatic N) is 2. The lowest BCUT2D eigenvalue weighted by Gasteiger charge is -2.27. The van der Waals surface area contributed by atoms with E-state index in [9.17, 15) is 24.8 Å². The minimum atomic E-state index is -0.852. The number of likely N-dealkylation sites (tertiary alicyclic amines) is 1. The Labute approximate surface area is 172 Å². The van der Waals surface area contributed by atoms with E-state index in [1.165, 1.54) is 29.2 Å². The zero-order valence-corrected chi connectivity index (χ0v) is 16.1. The number of benzene rings is 2. The van der Waals surface area contributed by atoms with Gasteiger partial charge in [0.2, 0.25) is 0 Å². The first-order valence-corrected chi connectivity index (χ1v) is 9.67. The molecule has 2 aliphatic heterocycles. The molecule has 4 rings (SSSR count). The van der Waals surface area contributed by atoms with Gasteiger partial charge < -0.3 is 14.7 Å². The first kappa shape index (κ1) is 19.8. The smallest absolute Gasteiger partial charge is 0.295 e. The van der Waals surface area contributed by atoms with Crippen molar-refractivity contribution >= 4 is 23.1 Å². The molecule has 2 heterocycles. The van der Waals surface area contributed by atoms with Crippen LogP contribution < -0.4 is 0 Å². The number of ether oxygens (including phenoxy) is 1. The van der Waals surface area contributed by atoms with Gasteiger partial charge >= 0.3 is 0 Å². The molecule has 1 N–H and O–H groups in total. The Kier molecular flexibility index (Phi) is 5.33. The number of nitro benzene ring substituents is 1. The standard InChI is InChI=1S/C22H20N2O6/c25-20(15-5-2-1-3-6-15)18-19(14-8-10-16(11-9-14)24(28)29)23(22(27)21(18)26)13-17-7-4-12-30-17/h1-3,5-6,8-11,17,19,25H,4,7,12-13H2. The highest BCUT2D eigenvalue weighted by molar-refractivity contribution is 6.46. The van der Waals surface area contributed by atoms with Gasteiger partial charge in [-0.2, -0.15) is 0 Å². The van der Waals surface area contributed by atoms with Gasteiger partial charge in [-0.3, -0.25) is 19.7 Å². The topological polar surface area (TPSA) is 110 Å². The van der Waals surface area contributed by atoms with Gasteiger partial charge in [-0.1, -0.05) is 30.3 Å². The van der Waals surface area contributed by atoms with Gasteiger partial charge in [0.15, 0.2) is 0 Å². The van der Waals surface area contributed by atoms with Crippen LogP contribution in [0.2, 0.25) is 0 Å². The molecule has 2 saturated heterocycles.